The van der Waals surface area contributed by atoms with Crippen LogP contribution in [0.5, 0.6) is 11.8 Å². The highest BCUT2D eigenvalue weighted by Gasteiger charge is 2.49. The third kappa shape index (κ3) is 5.90. The Morgan fingerprint density at radius 2 is 2.00 bits per heavy atom. The third-order valence-electron chi connectivity index (χ3n) is 11.2. The summed E-state index contributed by atoms with van der Waals surface area (Å²) in [7, 11) is 0. The van der Waals surface area contributed by atoms with Crippen LogP contribution >= 0.6 is 0 Å². The lowest BCUT2D eigenvalue weighted by atomic mass is 9.98. The Bertz CT molecular complexity index is 2210. The predicted octanol–water partition coefficient (Wildman–Crippen LogP) is 4.91. The lowest BCUT2D eigenvalue weighted by molar-refractivity contribution is -0.129. The van der Waals surface area contributed by atoms with Crippen molar-refractivity contribution in [1.29, 1.82) is 5.26 Å². The second kappa shape index (κ2) is 13.2. The molecular formula is C40H38F2N8O3. The van der Waals surface area contributed by atoms with Gasteiger partial charge in [0.1, 0.15) is 30.2 Å². The van der Waals surface area contributed by atoms with Crippen LogP contribution in [0.4, 0.5) is 26.0 Å². The zero-order chi connectivity index (χ0) is 37.0. The van der Waals surface area contributed by atoms with E-state index in [9.17, 15) is 19.6 Å². The molecule has 8 rings (SSSR count). The average molecular weight is 717 g/mol. The van der Waals surface area contributed by atoms with E-state index in [-0.39, 0.29) is 67.3 Å². The van der Waals surface area contributed by atoms with Gasteiger partial charge in [-0.1, -0.05) is 18.6 Å². The predicted molar refractivity (Wildman–Crippen MR) is 196 cm³/mol. The number of carbonyl (C=O) groups excluding carboxylic acids is 1. The summed E-state index contributed by atoms with van der Waals surface area (Å²) in [5, 5.41) is 21.9. The van der Waals surface area contributed by atoms with Gasteiger partial charge in [-0.2, -0.15) is 15.2 Å². The molecule has 6 heterocycles. The van der Waals surface area contributed by atoms with E-state index in [0.717, 1.165) is 11.3 Å². The highest BCUT2D eigenvalue weighted by atomic mass is 19.1. The Morgan fingerprint density at radius 3 is 2.75 bits per heavy atom. The standard InChI is InChI=1S/C40H38F2N8O3/c1-4-30-32(42)7-6-24-15-29(51)16-34(37(24)30)47-13-10-31-33(21-47)45-39(53-23-40(3)17-26(41)19-49(40)27-8-11-44-12-9-27)46-38(31)48-20-28-14-25(18-43)35(22-48)50(28)36(52)5-2/h1,5-9,11-12,15-16,25-26,28,35,51H,2,10,13-14,17,19-23H2,3H3/t25?,26-,28-,35-,40+/m1/s1. The van der Waals surface area contributed by atoms with Crippen molar-refractivity contribution in [2.75, 3.05) is 47.5 Å². The van der Waals surface area contributed by atoms with Crippen molar-refractivity contribution in [3.05, 3.63) is 84.1 Å². The molecule has 11 nitrogen and oxygen atoms in total. The molecule has 0 saturated carbocycles. The maximum absolute atomic E-state index is 15.0. The normalized spacial score (nSPS) is 24.8. The van der Waals surface area contributed by atoms with E-state index in [4.69, 9.17) is 21.1 Å². The number of fused-ring (bicyclic) bond motifs is 4. The summed E-state index contributed by atoms with van der Waals surface area (Å²) in [5.41, 5.74) is 2.38. The molecule has 4 aliphatic heterocycles. The summed E-state index contributed by atoms with van der Waals surface area (Å²) in [5.74, 6) is 2.11. The molecule has 2 bridgehead atoms. The number of aromatic nitrogens is 3. The maximum atomic E-state index is 15.0. The minimum atomic E-state index is -1.06. The van der Waals surface area contributed by atoms with Gasteiger partial charge in [0.25, 0.3) is 0 Å². The van der Waals surface area contributed by atoms with Gasteiger partial charge in [-0.15, -0.1) is 6.42 Å². The Hall–Kier alpha value is -5.95. The van der Waals surface area contributed by atoms with Crippen LogP contribution < -0.4 is 19.4 Å². The first-order valence-electron chi connectivity index (χ1n) is 17.7. The molecule has 2 aromatic heterocycles. The molecule has 0 radical (unpaired) electrons. The molecule has 3 saturated heterocycles. The van der Waals surface area contributed by atoms with Crippen LogP contribution in [-0.4, -0.2) is 87.4 Å². The van der Waals surface area contributed by atoms with Gasteiger partial charge in [-0.05, 0) is 55.5 Å². The van der Waals surface area contributed by atoms with Crippen LogP contribution in [0.15, 0.2) is 61.4 Å². The summed E-state index contributed by atoms with van der Waals surface area (Å²) in [6.45, 7) is 7.56. The van der Waals surface area contributed by atoms with E-state index >= 15 is 4.39 Å². The van der Waals surface area contributed by atoms with E-state index in [1.165, 1.54) is 12.1 Å². The highest BCUT2D eigenvalue weighted by Crippen LogP contribution is 2.42. The summed E-state index contributed by atoms with van der Waals surface area (Å²) >= 11 is 0. The number of alkyl halides is 1. The Morgan fingerprint density at radius 1 is 1.19 bits per heavy atom. The minimum Gasteiger partial charge on any atom is -0.508 e. The number of aromatic hydroxyl groups is 1. The number of piperazine rings is 1. The van der Waals surface area contributed by atoms with Crippen molar-refractivity contribution >= 4 is 33.9 Å². The molecule has 0 spiro atoms. The van der Waals surface area contributed by atoms with Gasteiger partial charge in [0.2, 0.25) is 5.91 Å². The van der Waals surface area contributed by atoms with Crippen molar-refractivity contribution in [3.8, 4) is 30.2 Å². The summed E-state index contributed by atoms with van der Waals surface area (Å²) < 4.78 is 36.4. The second-order valence-electron chi connectivity index (χ2n) is 14.5. The second-order valence-corrected chi connectivity index (χ2v) is 14.5. The molecule has 270 valence electrons. The first-order chi connectivity index (χ1) is 25.6. The zero-order valence-corrected chi connectivity index (χ0v) is 29.3. The number of rotatable bonds is 7. The molecule has 1 N–H and O–H groups in total. The van der Waals surface area contributed by atoms with Crippen molar-refractivity contribution in [2.45, 2.75) is 56.5 Å². The Balaban J connectivity index is 1.18. The SMILES string of the molecule is C#Cc1c(F)ccc2cc(O)cc(N3CCc4c(nc(OC[C@]5(C)C[C@@H](F)CN5c5ccncc5)nc4N4C[C@H]5CC(C#N)[C@@H](C4)N5C(=O)C=C)C3)c12. The van der Waals surface area contributed by atoms with Crippen molar-refractivity contribution in [2.24, 2.45) is 5.92 Å². The van der Waals surface area contributed by atoms with Crippen LogP contribution in [0.1, 0.15) is 36.6 Å². The Kier molecular flexibility index (Phi) is 8.53. The monoisotopic (exact) mass is 716 g/mol. The first kappa shape index (κ1) is 34.2. The van der Waals surface area contributed by atoms with Crippen LogP contribution in [0.2, 0.25) is 0 Å². The number of amides is 1. The quantitative estimate of drug-likeness (QED) is 0.209. The van der Waals surface area contributed by atoms with E-state index in [1.807, 2.05) is 28.9 Å². The first-order valence-corrected chi connectivity index (χ1v) is 17.7. The number of benzene rings is 2. The molecule has 1 amide bonds. The van der Waals surface area contributed by atoms with Crippen LogP contribution in [0.3, 0.4) is 0 Å². The molecule has 53 heavy (non-hydrogen) atoms. The number of ether oxygens (including phenoxy) is 1. The molecule has 4 aromatic rings. The number of terminal acetylenes is 1. The third-order valence-corrected chi connectivity index (χ3v) is 11.2. The van der Waals surface area contributed by atoms with Crippen LogP contribution in [0, 0.1) is 35.4 Å². The van der Waals surface area contributed by atoms with Gasteiger partial charge in [0.15, 0.2) is 0 Å². The molecule has 5 atom stereocenters. The van der Waals surface area contributed by atoms with Crippen molar-refractivity contribution in [3.63, 3.8) is 0 Å². The molecular weight excluding hydrogens is 678 g/mol. The molecule has 0 aliphatic carbocycles. The Labute approximate surface area is 306 Å². The number of hydrogen-bond acceptors (Lipinski definition) is 10. The van der Waals surface area contributed by atoms with Gasteiger partial charge >= 0.3 is 6.01 Å². The summed E-state index contributed by atoms with van der Waals surface area (Å²) in [4.78, 5) is 34.8. The molecule has 1 unspecified atom stereocenters. The fraction of sp³-hybridized carbons (Fsp3) is 0.375. The number of phenolic OH excluding ortho intramolecular Hbond substituents is 1. The number of nitriles is 1. The van der Waals surface area contributed by atoms with Crippen molar-refractivity contribution in [1.82, 2.24) is 19.9 Å². The number of hydrogen-bond donors (Lipinski definition) is 1. The topological polar surface area (TPSA) is 122 Å². The maximum Gasteiger partial charge on any atom is 0.318 e. The number of halogens is 2. The lowest BCUT2D eigenvalue weighted by Crippen LogP contribution is -2.56. The van der Waals surface area contributed by atoms with E-state index < -0.39 is 17.5 Å². The van der Waals surface area contributed by atoms with Crippen LogP contribution in [-0.2, 0) is 17.8 Å². The number of anilines is 3. The van der Waals surface area contributed by atoms with Gasteiger partial charge < -0.3 is 29.4 Å². The minimum absolute atomic E-state index is 0.0180. The van der Waals surface area contributed by atoms with E-state index in [0.29, 0.717) is 60.4 Å². The number of nitrogens with zero attached hydrogens (tertiary/aromatic N) is 8. The van der Waals surface area contributed by atoms with E-state index in [2.05, 4.69) is 28.5 Å². The summed E-state index contributed by atoms with van der Waals surface area (Å²) in [6.07, 6.45) is 10.7. The van der Waals surface area contributed by atoms with Crippen LogP contribution in [0.25, 0.3) is 10.8 Å². The average Bonchev–Trinajstić information content (AvgIpc) is 3.60. The summed E-state index contributed by atoms with van der Waals surface area (Å²) in [6, 6.07) is 11.7. The zero-order valence-electron chi connectivity index (χ0n) is 29.3. The fourth-order valence-electron chi connectivity index (χ4n) is 8.80. The van der Waals surface area contributed by atoms with E-state index in [1.54, 1.807) is 35.5 Å². The fourth-order valence-corrected chi connectivity index (χ4v) is 8.80. The molecule has 13 heteroatoms. The van der Waals surface area contributed by atoms with Gasteiger partial charge in [0, 0.05) is 73.4 Å². The number of pyridine rings is 1. The van der Waals surface area contributed by atoms with Gasteiger partial charge in [-0.25, -0.2) is 8.78 Å². The largest absolute Gasteiger partial charge is 0.508 e. The number of phenols is 1. The molecule has 3 fully saturated rings. The van der Waals surface area contributed by atoms with Crippen molar-refractivity contribution < 1.29 is 23.4 Å². The van der Waals surface area contributed by atoms with Gasteiger partial charge in [-0.3, -0.25) is 9.78 Å². The highest BCUT2D eigenvalue weighted by molar-refractivity contribution is 6.00. The smallest absolute Gasteiger partial charge is 0.318 e. The number of carbonyl (C=O) groups is 1. The lowest BCUT2D eigenvalue weighted by Gasteiger charge is -2.42. The molecule has 4 aliphatic rings. The molecule has 2 aromatic carbocycles. The van der Waals surface area contributed by atoms with Gasteiger partial charge in [0.05, 0.1) is 47.4 Å².